The third kappa shape index (κ3) is 3.94. The van der Waals surface area contributed by atoms with Gasteiger partial charge in [-0.2, -0.15) is 4.31 Å². The van der Waals surface area contributed by atoms with Gasteiger partial charge in [-0.05, 0) is 11.1 Å². The Morgan fingerprint density at radius 3 is 2.61 bits per heavy atom. The van der Waals surface area contributed by atoms with Crippen LogP contribution in [0.1, 0.15) is 18.1 Å². The Hall–Kier alpha value is -1.17. The molecule has 0 radical (unpaired) electrons. The SMILES string of the molecule is C=CCN(CC)S(=O)(=O)Cc1cccc(CN)c1. The Bertz CT molecular complexity index is 497. The van der Waals surface area contributed by atoms with E-state index in [1.807, 2.05) is 25.1 Å². The first-order valence-electron chi connectivity index (χ1n) is 5.90. The Labute approximate surface area is 109 Å². The molecular weight excluding hydrogens is 248 g/mol. The van der Waals surface area contributed by atoms with Crippen molar-refractivity contribution < 1.29 is 8.42 Å². The number of hydrogen-bond acceptors (Lipinski definition) is 3. The molecule has 18 heavy (non-hydrogen) atoms. The van der Waals surface area contributed by atoms with Gasteiger partial charge in [-0.3, -0.25) is 0 Å². The molecule has 0 saturated carbocycles. The van der Waals surface area contributed by atoms with Gasteiger partial charge in [0.25, 0.3) is 0 Å². The lowest BCUT2D eigenvalue weighted by Gasteiger charge is -2.18. The smallest absolute Gasteiger partial charge is 0.218 e. The molecule has 1 aromatic carbocycles. The summed E-state index contributed by atoms with van der Waals surface area (Å²) in [6, 6.07) is 7.35. The molecule has 1 rings (SSSR count). The summed E-state index contributed by atoms with van der Waals surface area (Å²) in [6.45, 7) is 6.60. The Balaban J connectivity index is 2.90. The van der Waals surface area contributed by atoms with Gasteiger partial charge in [-0.15, -0.1) is 6.58 Å². The van der Waals surface area contributed by atoms with E-state index in [-0.39, 0.29) is 5.75 Å². The van der Waals surface area contributed by atoms with Crippen LogP contribution in [0.25, 0.3) is 0 Å². The third-order valence-electron chi connectivity index (χ3n) is 2.65. The first-order chi connectivity index (χ1) is 8.53. The minimum absolute atomic E-state index is 0.00250. The highest BCUT2D eigenvalue weighted by atomic mass is 32.2. The summed E-state index contributed by atoms with van der Waals surface area (Å²) >= 11 is 0. The zero-order valence-electron chi connectivity index (χ0n) is 10.7. The van der Waals surface area contributed by atoms with Crippen LogP contribution < -0.4 is 5.73 Å². The summed E-state index contributed by atoms with van der Waals surface area (Å²) in [7, 11) is -3.29. The van der Waals surface area contributed by atoms with Crippen LogP contribution in [0, 0.1) is 0 Å². The number of sulfonamides is 1. The second-order valence-corrected chi connectivity index (χ2v) is 5.99. The van der Waals surface area contributed by atoms with Crippen LogP contribution >= 0.6 is 0 Å². The number of rotatable bonds is 7. The van der Waals surface area contributed by atoms with E-state index >= 15 is 0 Å². The molecule has 0 spiro atoms. The van der Waals surface area contributed by atoms with Gasteiger partial charge in [0.2, 0.25) is 10.0 Å². The van der Waals surface area contributed by atoms with Crippen molar-refractivity contribution >= 4 is 10.0 Å². The summed E-state index contributed by atoms with van der Waals surface area (Å²) < 4.78 is 25.7. The summed E-state index contributed by atoms with van der Waals surface area (Å²) in [5, 5.41) is 0. The van der Waals surface area contributed by atoms with Gasteiger partial charge < -0.3 is 5.73 Å². The lowest BCUT2D eigenvalue weighted by molar-refractivity contribution is 0.459. The zero-order chi connectivity index (χ0) is 13.6. The largest absolute Gasteiger partial charge is 0.326 e. The lowest BCUT2D eigenvalue weighted by atomic mass is 10.1. The minimum Gasteiger partial charge on any atom is -0.326 e. The van der Waals surface area contributed by atoms with E-state index in [1.54, 1.807) is 12.1 Å². The van der Waals surface area contributed by atoms with Gasteiger partial charge >= 0.3 is 0 Å². The molecule has 0 fully saturated rings. The number of hydrogen-bond donors (Lipinski definition) is 1. The van der Waals surface area contributed by atoms with E-state index < -0.39 is 10.0 Å². The fourth-order valence-corrected chi connectivity index (χ4v) is 3.24. The topological polar surface area (TPSA) is 63.4 Å². The van der Waals surface area contributed by atoms with Crippen LogP contribution in [-0.2, 0) is 22.3 Å². The Morgan fingerprint density at radius 2 is 2.06 bits per heavy atom. The molecule has 0 amide bonds. The fraction of sp³-hybridized carbons (Fsp3) is 0.385. The minimum atomic E-state index is -3.29. The van der Waals surface area contributed by atoms with Gasteiger partial charge in [0.15, 0.2) is 0 Å². The van der Waals surface area contributed by atoms with E-state index in [4.69, 9.17) is 5.73 Å². The standard InChI is InChI=1S/C13H20N2O2S/c1-3-8-15(4-2)18(16,17)11-13-7-5-6-12(9-13)10-14/h3,5-7,9H,1,4,8,10-11,14H2,2H3. The van der Waals surface area contributed by atoms with Crippen molar-refractivity contribution in [1.29, 1.82) is 0 Å². The van der Waals surface area contributed by atoms with E-state index in [0.717, 1.165) is 11.1 Å². The Morgan fingerprint density at radius 1 is 1.39 bits per heavy atom. The maximum absolute atomic E-state index is 12.2. The molecule has 2 N–H and O–H groups in total. The van der Waals surface area contributed by atoms with Crippen LogP contribution in [0.2, 0.25) is 0 Å². The van der Waals surface area contributed by atoms with Crippen molar-refractivity contribution in [2.75, 3.05) is 13.1 Å². The molecule has 0 aliphatic carbocycles. The average molecular weight is 268 g/mol. The number of benzene rings is 1. The van der Waals surface area contributed by atoms with E-state index in [9.17, 15) is 8.42 Å². The normalized spacial score (nSPS) is 11.7. The molecule has 0 aliphatic heterocycles. The molecule has 0 unspecified atom stereocenters. The highest BCUT2D eigenvalue weighted by molar-refractivity contribution is 7.88. The highest BCUT2D eigenvalue weighted by Gasteiger charge is 2.19. The summed E-state index contributed by atoms with van der Waals surface area (Å²) in [5.41, 5.74) is 7.25. The number of nitrogens with two attached hydrogens (primary N) is 1. The van der Waals surface area contributed by atoms with Crippen molar-refractivity contribution in [3.05, 3.63) is 48.0 Å². The maximum atomic E-state index is 12.2. The fourth-order valence-electron chi connectivity index (χ4n) is 1.73. The van der Waals surface area contributed by atoms with E-state index in [2.05, 4.69) is 6.58 Å². The van der Waals surface area contributed by atoms with Gasteiger partial charge in [0, 0.05) is 19.6 Å². The molecule has 0 atom stereocenters. The average Bonchev–Trinajstić information content (AvgIpc) is 2.35. The van der Waals surface area contributed by atoms with Crippen molar-refractivity contribution in [1.82, 2.24) is 4.31 Å². The van der Waals surface area contributed by atoms with Gasteiger partial charge in [0.05, 0.1) is 5.75 Å². The first kappa shape index (κ1) is 14.9. The number of likely N-dealkylation sites (N-methyl/N-ethyl adjacent to an activating group) is 1. The molecule has 1 aromatic rings. The van der Waals surface area contributed by atoms with Crippen LogP contribution in [0.3, 0.4) is 0 Å². The van der Waals surface area contributed by atoms with E-state index in [1.165, 1.54) is 4.31 Å². The second-order valence-electron chi connectivity index (χ2n) is 4.02. The maximum Gasteiger partial charge on any atom is 0.218 e. The molecule has 0 aliphatic rings. The third-order valence-corrected chi connectivity index (χ3v) is 4.55. The second kappa shape index (κ2) is 6.68. The molecule has 0 bridgehead atoms. The van der Waals surface area contributed by atoms with Crippen LogP contribution in [0.4, 0.5) is 0 Å². The summed E-state index contributed by atoms with van der Waals surface area (Å²) in [4.78, 5) is 0. The lowest BCUT2D eigenvalue weighted by Crippen LogP contribution is -2.32. The number of nitrogens with zero attached hydrogens (tertiary/aromatic N) is 1. The van der Waals surface area contributed by atoms with Crippen molar-refractivity contribution in [3.8, 4) is 0 Å². The predicted molar refractivity (Wildman–Crippen MR) is 74.4 cm³/mol. The molecular formula is C13H20N2O2S. The molecule has 0 heterocycles. The molecule has 100 valence electrons. The van der Waals surface area contributed by atoms with Gasteiger partial charge in [0.1, 0.15) is 0 Å². The van der Waals surface area contributed by atoms with Crippen LogP contribution in [-0.4, -0.2) is 25.8 Å². The Kier molecular flexibility index (Phi) is 5.53. The predicted octanol–water partition coefficient (Wildman–Crippen LogP) is 1.48. The van der Waals surface area contributed by atoms with Crippen LogP contribution in [0.5, 0.6) is 0 Å². The zero-order valence-corrected chi connectivity index (χ0v) is 11.5. The van der Waals surface area contributed by atoms with Crippen molar-refractivity contribution in [2.45, 2.75) is 19.2 Å². The molecule has 0 aromatic heterocycles. The van der Waals surface area contributed by atoms with Gasteiger partial charge in [-0.25, -0.2) is 8.42 Å². The quantitative estimate of drug-likeness (QED) is 0.762. The molecule has 5 heteroatoms. The highest BCUT2D eigenvalue weighted by Crippen LogP contribution is 2.12. The van der Waals surface area contributed by atoms with Gasteiger partial charge in [-0.1, -0.05) is 37.3 Å². The van der Waals surface area contributed by atoms with Crippen LogP contribution in [0.15, 0.2) is 36.9 Å². The molecule has 0 saturated heterocycles. The molecule has 4 nitrogen and oxygen atoms in total. The van der Waals surface area contributed by atoms with Crippen molar-refractivity contribution in [3.63, 3.8) is 0 Å². The monoisotopic (exact) mass is 268 g/mol. The summed E-state index contributed by atoms with van der Waals surface area (Å²) in [5.74, 6) is 0.00250. The first-order valence-corrected chi connectivity index (χ1v) is 7.51. The summed E-state index contributed by atoms with van der Waals surface area (Å²) in [6.07, 6.45) is 1.59. The van der Waals surface area contributed by atoms with Crippen molar-refractivity contribution in [2.24, 2.45) is 5.73 Å². The van der Waals surface area contributed by atoms with E-state index in [0.29, 0.717) is 19.6 Å².